The van der Waals surface area contributed by atoms with Crippen molar-refractivity contribution >= 4 is 38.6 Å². The number of anilines is 1. The number of carbonyl (C=O) groups excluding carboxylic acids is 1. The minimum atomic E-state index is -0.148. The number of imidazole rings is 1. The Kier molecular flexibility index (Phi) is 5.01. The van der Waals surface area contributed by atoms with E-state index in [1.807, 2.05) is 36.4 Å². The number of benzene rings is 2. The summed E-state index contributed by atoms with van der Waals surface area (Å²) in [6.45, 7) is 4.15. The van der Waals surface area contributed by atoms with Gasteiger partial charge in [-0.1, -0.05) is 12.1 Å². The third-order valence-corrected chi connectivity index (χ3v) is 5.08. The molecular formula is C19H19BrN4O2. The van der Waals surface area contributed by atoms with Crippen LogP contribution in [-0.4, -0.2) is 47.1 Å². The van der Waals surface area contributed by atoms with Crippen LogP contribution in [0.5, 0.6) is 0 Å². The molecule has 0 unspecified atom stereocenters. The maximum atomic E-state index is 12.5. The van der Waals surface area contributed by atoms with Crippen LogP contribution in [0.1, 0.15) is 16.2 Å². The third kappa shape index (κ3) is 3.80. The first-order chi connectivity index (χ1) is 12.7. The van der Waals surface area contributed by atoms with Crippen molar-refractivity contribution in [2.75, 3.05) is 31.6 Å². The highest BCUT2D eigenvalue weighted by molar-refractivity contribution is 9.10. The number of hydrogen-bond acceptors (Lipinski definition) is 4. The van der Waals surface area contributed by atoms with Gasteiger partial charge in [-0.3, -0.25) is 9.69 Å². The first-order valence-corrected chi connectivity index (χ1v) is 9.33. The number of morpholine rings is 1. The van der Waals surface area contributed by atoms with Gasteiger partial charge in [0.05, 0.1) is 36.4 Å². The number of nitrogens with one attached hydrogen (secondary N) is 2. The fraction of sp³-hybridized carbons (Fsp3) is 0.263. The van der Waals surface area contributed by atoms with E-state index in [9.17, 15) is 4.79 Å². The molecule has 4 rings (SSSR count). The van der Waals surface area contributed by atoms with Crippen molar-refractivity contribution in [3.63, 3.8) is 0 Å². The van der Waals surface area contributed by atoms with E-state index in [0.29, 0.717) is 5.56 Å². The van der Waals surface area contributed by atoms with E-state index in [4.69, 9.17) is 4.74 Å². The number of amides is 1. The molecule has 0 aliphatic carbocycles. The lowest BCUT2D eigenvalue weighted by molar-refractivity contribution is 0.0332. The Morgan fingerprint density at radius 2 is 2.04 bits per heavy atom. The lowest BCUT2D eigenvalue weighted by Gasteiger charge is -2.25. The molecule has 2 aromatic carbocycles. The summed E-state index contributed by atoms with van der Waals surface area (Å²) in [6.07, 6.45) is 0. The molecule has 6 nitrogen and oxygen atoms in total. The van der Waals surface area contributed by atoms with E-state index in [1.54, 1.807) is 6.07 Å². The van der Waals surface area contributed by atoms with Crippen molar-refractivity contribution in [2.45, 2.75) is 6.54 Å². The van der Waals surface area contributed by atoms with Crippen LogP contribution in [0.15, 0.2) is 46.9 Å². The molecular weight excluding hydrogens is 396 g/mol. The second-order valence-corrected chi connectivity index (χ2v) is 7.09. The molecule has 0 atom stereocenters. The van der Waals surface area contributed by atoms with Gasteiger partial charge in [-0.25, -0.2) is 4.98 Å². The number of fused-ring (bicyclic) bond motifs is 1. The summed E-state index contributed by atoms with van der Waals surface area (Å²) >= 11 is 3.41. The van der Waals surface area contributed by atoms with Crippen molar-refractivity contribution in [3.05, 3.63) is 58.3 Å². The second-order valence-electron chi connectivity index (χ2n) is 6.24. The number of rotatable bonds is 4. The fourth-order valence-electron chi connectivity index (χ4n) is 3.03. The van der Waals surface area contributed by atoms with Gasteiger partial charge in [0.25, 0.3) is 5.91 Å². The normalized spacial score (nSPS) is 15.3. The molecule has 1 fully saturated rings. The number of aromatic amines is 1. The first kappa shape index (κ1) is 17.2. The molecule has 0 spiro atoms. The Bertz CT molecular complexity index is 934. The molecule has 1 saturated heterocycles. The summed E-state index contributed by atoms with van der Waals surface area (Å²) in [6, 6.07) is 13.1. The Hall–Kier alpha value is -2.22. The molecule has 0 radical (unpaired) electrons. The number of halogens is 1. The first-order valence-electron chi connectivity index (χ1n) is 8.54. The minimum Gasteiger partial charge on any atom is -0.379 e. The van der Waals surface area contributed by atoms with Crippen LogP contribution in [0.4, 0.5) is 5.69 Å². The van der Waals surface area contributed by atoms with Crippen LogP contribution in [-0.2, 0) is 11.3 Å². The summed E-state index contributed by atoms with van der Waals surface area (Å²) in [5.74, 6) is 0.779. The zero-order valence-electron chi connectivity index (χ0n) is 14.2. The minimum absolute atomic E-state index is 0.148. The van der Waals surface area contributed by atoms with E-state index in [0.717, 1.165) is 59.9 Å². The monoisotopic (exact) mass is 414 g/mol. The number of aromatic nitrogens is 2. The SMILES string of the molecule is O=C(Nc1ccc2nc(CN3CCOCC3)[nH]c2c1)c1ccccc1Br. The van der Waals surface area contributed by atoms with Crippen LogP contribution in [0.2, 0.25) is 0 Å². The molecule has 2 N–H and O–H groups in total. The largest absolute Gasteiger partial charge is 0.379 e. The van der Waals surface area contributed by atoms with Crippen molar-refractivity contribution in [2.24, 2.45) is 0 Å². The van der Waals surface area contributed by atoms with Crippen molar-refractivity contribution in [1.82, 2.24) is 14.9 Å². The van der Waals surface area contributed by atoms with Crippen molar-refractivity contribution in [1.29, 1.82) is 0 Å². The van der Waals surface area contributed by atoms with E-state index in [1.165, 1.54) is 0 Å². The van der Waals surface area contributed by atoms with Gasteiger partial charge in [0.15, 0.2) is 0 Å². The number of H-pyrrole nitrogens is 1. The predicted molar refractivity (Wildman–Crippen MR) is 104 cm³/mol. The summed E-state index contributed by atoms with van der Waals surface area (Å²) in [4.78, 5) is 22.8. The zero-order chi connectivity index (χ0) is 17.9. The van der Waals surface area contributed by atoms with Crippen molar-refractivity contribution < 1.29 is 9.53 Å². The summed E-state index contributed by atoms with van der Waals surface area (Å²) in [5.41, 5.74) is 3.15. The average molecular weight is 415 g/mol. The molecule has 2 heterocycles. The van der Waals surface area contributed by atoms with Gasteiger partial charge in [-0.15, -0.1) is 0 Å². The van der Waals surface area contributed by atoms with Gasteiger partial charge in [0, 0.05) is 23.2 Å². The molecule has 1 aromatic heterocycles. The second kappa shape index (κ2) is 7.57. The number of nitrogens with zero attached hydrogens (tertiary/aromatic N) is 2. The highest BCUT2D eigenvalue weighted by Gasteiger charge is 2.14. The Labute approximate surface area is 159 Å². The molecule has 26 heavy (non-hydrogen) atoms. The van der Waals surface area contributed by atoms with Crippen LogP contribution >= 0.6 is 15.9 Å². The van der Waals surface area contributed by atoms with E-state index < -0.39 is 0 Å². The van der Waals surface area contributed by atoms with Gasteiger partial charge in [0.1, 0.15) is 5.82 Å². The molecule has 1 aliphatic rings. The highest BCUT2D eigenvalue weighted by atomic mass is 79.9. The lowest BCUT2D eigenvalue weighted by Crippen LogP contribution is -2.35. The van der Waals surface area contributed by atoms with E-state index >= 15 is 0 Å². The Morgan fingerprint density at radius 1 is 1.23 bits per heavy atom. The smallest absolute Gasteiger partial charge is 0.256 e. The molecule has 134 valence electrons. The van der Waals surface area contributed by atoms with Crippen LogP contribution in [0, 0.1) is 0 Å². The fourth-order valence-corrected chi connectivity index (χ4v) is 3.49. The standard InChI is InChI=1S/C19H19BrN4O2/c20-15-4-2-1-3-14(15)19(25)21-13-5-6-16-17(11-13)23-18(22-16)12-24-7-9-26-10-8-24/h1-6,11H,7-10,12H2,(H,21,25)(H,22,23). The van der Waals surface area contributed by atoms with Crippen LogP contribution in [0.3, 0.4) is 0 Å². The van der Waals surface area contributed by atoms with E-state index in [2.05, 4.69) is 36.1 Å². The number of ether oxygens (including phenoxy) is 1. The number of carbonyl (C=O) groups is 1. The Balaban J connectivity index is 1.50. The van der Waals surface area contributed by atoms with E-state index in [-0.39, 0.29) is 5.91 Å². The quantitative estimate of drug-likeness (QED) is 0.685. The maximum absolute atomic E-state index is 12.5. The van der Waals surface area contributed by atoms with Crippen molar-refractivity contribution in [3.8, 4) is 0 Å². The van der Waals surface area contributed by atoms with Gasteiger partial charge in [-0.05, 0) is 46.3 Å². The van der Waals surface area contributed by atoms with Gasteiger partial charge in [-0.2, -0.15) is 0 Å². The maximum Gasteiger partial charge on any atom is 0.256 e. The predicted octanol–water partition coefficient (Wildman–Crippen LogP) is 3.41. The summed E-state index contributed by atoms with van der Waals surface area (Å²) in [5, 5.41) is 2.94. The zero-order valence-corrected chi connectivity index (χ0v) is 15.8. The average Bonchev–Trinajstić information content (AvgIpc) is 3.04. The van der Waals surface area contributed by atoms with Gasteiger partial charge < -0.3 is 15.0 Å². The Morgan fingerprint density at radius 3 is 2.85 bits per heavy atom. The van der Waals surface area contributed by atoms with Crippen LogP contribution < -0.4 is 5.32 Å². The molecule has 1 aliphatic heterocycles. The van der Waals surface area contributed by atoms with Gasteiger partial charge in [0.2, 0.25) is 0 Å². The topological polar surface area (TPSA) is 70.2 Å². The molecule has 0 saturated carbocycles. The number of hydrogen-bond donors (Lipinski definition) is 2. The summed E-state index contributed by atoms with van der Waals surface area (Å²) in [7, 11) is 0. The third-order valence-electron chi connectivity index (χ3n) is 4.38. The van der Waals surface area contributed by atoms with Crippen LogP contribution in [0.25, 0.3) is 11.0 Å². The summed E-state index contributed by atoms with van der Waals surface area (Å²) < 4.78 is 6.15. The van der Waals surface area contributed by atoms with Gasteiger partial charge >= 0.3 is 0 Å². The molecule has 1 amide bonds. The molecule has 3 aromatic rings. The molecule has 7 heteroatoms. The molecule has 0 bridgehead atoms. The lowest BCUT2D eigenvalue weighted by atomic mass is 10.2. The highest BCUT2D eigenvalue weighted by Crippen LogP contribution is 2.21.